The zero-order chi connectivity index (χ0) is 10.6. The summed E-state index contributed by atoms with van der Waals surface area (Å²) < 4.78 is 30.9. The fourth-order valence-electron chi connectivity index (χ4n) is 1.43. The Morgan fingerprint density at radius 2 is 2.14 bits per heavy atom. The van der Waals surface area contributed by atoms with Gasteiger partial charge in [0.25, 0.3) is 0 Å². The highest BCUT2D eigenvalue weighted by Crippen LogP contribution is 2.19. The summed E-state index contributed by atoms with van der Waals surface area (Å²) in [5.74, 6) is 0.0799. The van der Waals surface area contributed by atoms with Crippen LogP contribution in [0.25, 0.3) is 0 Å². The maximum atomic E-state index is 11.6. The van der Waals surface area contributed by atoms with Crippen molar-refractivity contribution in [1.82, 2.24) is 4.72 Å². The molecule has 0 aliphatic heterocycles. The molecule has 14 heavy (non-hydrogen) atoms. The SMILES string of the molecule is CC[C@@H](CS(=O)(=O)NC1CCC1)OC. The van der Waals surface area contributed by atoms with Crippen LogP contribution in [0, 0.1) is 0 Å². The maximum absolute atomic E-state index is 11.6. The summed E-state index contributed by atoms with van der Waals surface area (Å²) in [4.78, 5) is 0. The van der Waals surface area contributed by atoms with Crippen molar-refractivity contribution in [1.29, 1.82) is 0 Å². The average molecular weight is 221 g/mol. The Labute approximate surface area is 86.1 Å². The van der Waals surface area contributed by atoms with Gasteiger partial charge in [-0.15, -0.1) is 0 Å². The zero-order valence-electron chi connectivity index (χ0n) is 8.82. The topological polar surface area (TPSA) is 55.4 Å². The molecular weight excluding hydrogens is 202 g/mol. The van der Waals surface area contributed by atoms with Crippen molar-refractivity contribution < 1.29 is 13.2 Å². The van der Waals surface area contributed by atoms with E-state index in [1.807, 2.05) is 6.92 Å². The van der Waals surface area contributed by atoms with E-state index in [0.29, 0.717) is 0 Å². The van der Waals surface area contributed by atoms with Crippen LogP contribution in [-0.4, -0.2) is 33.4 Å². The van der Waals surface area contributed by atoms with E-state index in [0.717, 1.165) is 25.7 Å². The fourth-order valence-corrected chi connectivity index (χ4v) is 3.13. The number of rotatable bonds is 6. The second-order valence-corrected chi connectivity index (χ2v) is 5.59. The molecule has 0 saturated heterocycles. The Morgan fingerprint density at radius 1 is 1.50 bits per heavy atom. The Hall–Kier alpha value is -0.130. The van der Waals surface area contributed by atoms with Crippen molar-refractivity contribution in [2.75, 3.05) is 12.9 Å². The summed E-state index contributed by atoms with van der Waals surface area (Å²) in [6, 6.07) is 0.175. The molecule has 1 fully saturated rings. The van der Waals surface area contributed by atoms with Crippen LogP contribution in [0.2, 0.25) is 0 Å². The Balaban J connectivity index is 2.39. The van der Waals surface area contributed by atoms with E-state index in [1.165, 1.54) is 0 Å². The molecule has 0 spiro atoms. The third-order valence-electron chi connectivity index (χ3n) is 2.65. The number of nitrogens with one attached hydrogen (secondary N) is 1. The Morgan fingerprint density at radius 3 is 2.50 bits per heavy atom. The molecule has 1 N–H and O–H groups in total. The largest absolute Gasteiger partial charge is 0.380 e. The summed E-state index contributed by atoms with van der Waals surface area (Å²) in [6.45, 7) is 1.92. The first-order valence-corrected chi connectivity index (χ1v) is 6.75. The van der Waals surface area contributed by atoms with Crippen molar-refractivity contribution in [3.8, 4) is 0 Å². The molecule has 1 rings (SSSR count). The quantitative estimate of drug-likeness (QED) is 0.724. The zero-order valence-corrected chi connectivity index (χ0v) is 9.64. The smallest absolute Gasteiger partial charge is 0.214 e. The first kappa shape index (κ1) is 11.9. The molecule has 1 aliphatic carbocycles. The van der Waals surface area contributed by atoms with Crippen molar-refractivity contribution in [2.24, 2.45) is 0 Å². The Bertz CT molecular complexity index is 255. The lowest BCUT2D eigenvalue weighted by molar-refractivity contribution is 0.117. The van der Waals surface area contributed by atoms with E-state index in [-0.39, 0.29) is 17.9 Å². The molecule has 84 valence electrons. The van der Waals surface area contributed by atoms with Crippen LogP contribution in [0.4, 0.5) is 0 Å². The molecule has 1 atom stereocenters. The summed E-state index contributed by atoms with van der Waals surface area (Å²) in [7, 11) is -1.59. The lowest BCUT2D eigenvalue weighted by atomic mass is 9.94. The van der Waals surface area contributed by atoms with Gasteiger partial charge < -0.3 is 4.74 Å². The third kappa shape index (κ3) is 3.55. The van der Waals surface area contributed by atoms with Gasteiger partial charge in [0.15, 0.2) is 0 Å². The second kappa shape index (κ2) is 5.09. The summed E-state index contributed by atoms with van der Waals surface area (Å²) >= 11 is 0. The first-order valence-electron chi connectivity index (χ1n) is 5.10. The van der Waals surface area contributed by atoms with Crippen LogP contribution < -0.4 is 4.72 Å². The van der Waals surface area contributed by atoms with Crippen LogP contribution in [0.15, 0.2) is 0 Å². The van der Waals surface area contributed by atoms with Crippen LogP contribution >= 0.6 is 0 Å². The maximum Gasteiger partial charge on any atom is 0.214 e. The minimum Gasteiger partial charge on any atom is -0.380 e. The molecule has 0 unspecified atom stereocenters. The number of methoxy groups -OCH3 is 1. The minimum absolute atomic E-state index is 0.0799. The average Bonchev–Trinajstić information content (AvgIpc) is 2.08. The highest BCUT2D eigenvalue weighted by Gasteiger charge is 2.25. The molecule has 4 nitrogen and oxygen atoms in total. The van der Waals surface area contributed by atoms with Gasteiger partial charge in [-0.05, 0) is 19.3 Å². The summed E-state index contributed by atoms with van der Waals surface area (Å²) in [6.07, 6.45) is 3.62. The van der Waals surface area contributed by atoms with Gasteiger partial charge in [0.05, 0.1) is 11.9 Å². The van der Waals surface area contributed by atoms with Crippen LogP contribution in [0.3, 0.4) is 0 Å². The highest BCUT2D eigenvalue weighted by atomic mass is 32.2. The molecule has 0 heterocycles. The molecule has 1 saturated carbocycles. The van der Waals surface area contributed by atoms with E-state index in [2.05, 4.69) is 4.72 Å². The van der Waals surface area contributed by atoms with Gasteiger partial charge in [0, 0.05) is 13.2 Å². The minimum atomic E-state index is -3.14. The number of hydrogen-bond donors (Lipinski definition) is 1. The van der Waals surface area contributed by atoms with Crippen LogP contribution in [0.1, 0.15) is 32.6 Å². The molecule has 0 aromatic carbocycles. The van der Waals surface area contributed by atoms with E-state index in [4.69, 9.17) is 4.74 Å². The van der Waals surface area contributed by atoms with E-state index in [1.54, 1.807) is 7.11 Å². The van der Waals surface area contributed by atoms with Crippen molar-refractivity contribution in [3.05, 3.63) is 0 Å². The normalized spacial score (nSPS) is 20.4. The molecule has 0 aromatic rings. The fraction of sp³-hybridized carbons (Fsp3) is 1.00. The highest BCUT2D eigenvalue weighted by molar-refractivity contribution is 7.89. The summed E-state index contributed by atoms with van der Waals surface area (Å²) in [5.41, 5.74) is 0. The molecule has 5 heteroatoms. The summed E-state index contributed by atoms with van der Waals surface area (Å²) in [5, 5.41) is 0. The monoisotopic (exact) mass is 221 g/mol. The molecule has 0 radical (unpaired) electrons. The lowest BCUT2D eigenvalue weighted by Crippen LogP contribution is -2.42. The van der Waals surface area contributed by atoms with Gasteiger partial charge in [-0.1, -0.05) is 13.3 Å². The van der Waals surface area contributed by atoms with Crippen molar-refractivity contribution in [2.45, 2.75) is 44.8 Å². The predicted molar refractivity (Wildman–Crippen MR) is 55.6 cm³/mol. The van der Waals surface area contributed by atoms with E-state index >= 15 is 0 Å². The number of sulfonamides is 1. The van der Waals surface area contributed by atoms with Crippen molar-refractivity contribution >= 4 is 10.0 Å². The van der Waals surface area contributed by atoms with Gasteiger partial charge >= 0.3 is 0 Å². The van der Waals surface area contributed by atoms with Gasteiger partial charge in [0.1, 0.15) is 0 Å². The standard InChI is InChI=1S/C9H19NO3S/c1-3-9(13-2)7-14(11,12)10-8-5-4-6-8/h8-10H,3-7H2,1-2H3/t9-/m0/s1. The van der Waals surface area contributed by atoms with Crippen molar-refractivity contribution in [3.63, 3.8) is 0 Å². The number of ether oxygens (including phenoxy) is 1. The van der Waals surface area contributed by atoms with Gasteiger partial charge in [-0.3, -0.25) is 0 Å². The number of hydrogen-bond acceptors (Lipinski definition) is 3. The predicted octanol–water partition coefficient (Wildman–Crippen LogP) is 0.883. The van der Waals surface area contributed by atoms with E-state index < -0.39 is 10.0 Å². The third-order valence-corrected chi connectivity index (χ3v) is 4.15. The van der Waals surface area contributed by atoms with E-state index in [9.17, 15) is 8.42 Å². The second-order valence-electron chi connectivity index (χ2n) is 3.79. The van der Waals surface area contributed by atoms with Gasteiger partial charge in [-0.25, -0.2) is 13.1 Å². The molecule has 1 aliphatic rings. The van der Waals surface area contributed by atoms with Crippen LogP contribution in [0.5, 0.6) is 0 Å². The van der Waals surface area contributed by atoms with Crippen LogP contribution in [-0.2, 0) is 14.8 Å². The first-order chi connectivity index (χ1) is 6.57. The lowest BCUT2D eigenvalue weighted by Gasteiger charge is -2.26. The molecule has 0 aromatic heterocycles. The molecule has 0 amide bonds. The van der Waals surface area contributed by atoms with Gasteiger partial charge in [0.2, 0.25) is 10.0 Å². The molecular formula is C9H19NO3S. The molecule has 0 bridgehead atoms. The Kier molecular flexibility index (Phi) is 4.34. The van der Waals surface area contributed by atoms with Gasteiger partial charge in [-0.2, -0.15) is 0 Å².